The summed E-state index contributed by atoms with van der Waals surface area (Å²) in [4.78, 5) is 14.5. The van der Waals surface area contributed by atoms with Crippen molar-refractivity contribution >= 4 is 21.7 Å². The number of hydrogen-bond acceptors (Lipinski definition) is 4. The smallest absolute Gasteiger partial charge is 0.135 e. The van der Waals surface area contributed by atoms with Gasteiger partial charge < -0.3 is 4.90 Å². The van der Waals surface area contributed by atoms with E-state index < -0.39 is 0 Å². The quantitative estimate of drug-likeness (QED) is 0.783. The first-order valence-electron chi connectivity index (χ1n) is 8.33. The van der Waals surface area contributed by atoms with Crippen LogP contribution in [0.5, 0.6) is 0 Å². The second kappa shape index (κ2) is 5.84. The van der Waals surface area contributed by atoms with Crippen LogP contribution in [0, 0.1) is 0 Å². The van der Waals surface area contributed by atoms with E-state index in [1.807, 2.05) is 0 Å². The van der Waals surface area contributed by atoms with E-state index in [0.29, 0.717) is 5.92 Å². The minimum atomic E-state index is 0.612. The molecule has 4 rings (SSSR count). The van der Waals surface area contributed by atoms with Gasteiger partial charge in [-0.15, -0.1) is 0 Å². The third-order valence-corrected chi connectivity index (χ3v) is 5.53. The summed E-state index contributed by atoms with van der Waals surface area (Å²) in [5.74, 6) is 2.77. The average Bonchev–Trinajstić information content (AvgIpc) is 3.22. The molecular formula is C16H23BrN4. The van der Waals surface area contributed by atoms with Crippen molar-refractivity contribution in [3.8, 4) is 0 Å². The summed E-state index contributed by atoms with van der Waals surface area (Å²) in [5.41, 5.74) is 0. The van der Waals surface area contributed by atoms with Crippen molar-refractivity contribution in [1.29, 1.82) is 0 Å². The summed E-state index contributed by atoms with van der Waals surface area (Å²) < 4.78 is 0.938. The molecule has 2 heterocycles. The van der Waals surface area contributed by atoms with Gasteiger partial charge in [-0.1, -0.05) is 12.8 Å². The molecule has 114 valence electrons. The number of rotatable bonds is 3. The number of nitrogens with zero attached hydrogens (tertiary/aromatic N) is 4. The summed E-state index contributed by atoms with van der Waals surface area (Å²) in [6, 6.07) is 2.93. The molecule has 21 heavy (non-hydrogen) atoms. The fourth-order valence-electron chi connectivity index (χ4n) is 3.69. The molecule has 3 fully saturated rings. The van der Waals surface area contributed by atoms with Gasteiger partial charge in [0.15, 0.2) is 0 Å². The summed E-state index contributed by atoms with van der Waals surface area (Å²) in [7, 11) is 0. The number of piperazine rings is 1. The third-order valence-electron chi connectivity index (χ3n) is 5.12. The Bertz CT molecular complexity index is 503. The van der Waals surface area contributed by atoms with Gasteiger partial charge in [0, 0.05) is 44.2 Å². The summed E-state index contributed by atoms with van der Waals surface area (Å²) >= 11 is 3.55. The van der Waals surface area contributed by atoms with Gasteiger partial charge in [0.05, 0.1) is 0 Å². The van der Waals surface area contributed by atoms with Crippen molar-refractivity contribution in [1.82, 2.24) is 14.9 Å². The Balaban J connectivity index is 1.43. The van der Waals surface area contributed by atoms with E-state index in [-0.39, 0.29) is 0 Å². The van der Waals surface area contributed by atoms with Gasteiger partial charge in [0.25, 0.3) is 0 Å². The lowest BCUT2D eigenvalue weighted by Gasteiger charge is -2.38. The van der Waals surface area contributed by atoms with Crippen LogP contribution in [-0.2, 0) is 0 Å². The standard InChI is InChI=1S/C16H23BrN4/c17-14-11-15(19-16(18-14)12-5-6-12)21-9-7-20(8-10-21)13-3-1-2-4-13/h11-13H,1-10H2. The number of hydrogen-bond donors (Lipinski definition) is 0. The Morgan fingerprint density at radius 3 is 2.33 bits per heavy atom. The average molecular weight is 351 g/mol. The van der Waals surface area contributed by atoms with Crippen LogP contribution >= 0.6 is 15.9 Å². The van der Waals surface area contributed by atoms with Gasteiger partial charge in [-0.25, -0.2) is 9.97 Å². The first kappa shape index (κ1) is 13.9. The topological polar surface area (TPSA) is 32.3 Å². The number of halogens is 1. The summed E-state index contributed by atoms with van der Waals surface area (Å²) in [5, 5.41) is 0. The highest BCUT2D eigenvalue weighted by atomic mass is 79.9. The van der Waals surface area contributed by atoms with E-state index in [9.17, 15) is 0 Å². The molecule has 0 bridgehead atoms. The minimum absolute atomic E-state index is 0.612. The molecule has 1 aromatic heterocycles. The van der Waals surface area contributed by atoms with Crippen molar-refractivity contribution in [2.75, 3.05) is 31.1 Å². The van der Waals surface area contributed by atoms with Crippen LogP contribution in [0.25, 0.3) is 0 Å². The highest BCUT2D eigenvalue weighted by Crippen LogP contribution is 2.39. The van der Waals surface area contributed by atoms with E-state index in [1.54, 1.807) is 0 Å². The fraction of sp³-hybridized carbons (Fsp3) is 0.750. The molecule has 4 nitrogen and oxygen atoms in total. The van der Waals surface area contributed by atoms with Crippen LogP contribution in [0.3, 0.4) is 0 Å². The largest absolute Gasteiger partial charge is 0.354 e. The van der Waals surface area contributed by atoms with Gasteiger partial charge >= 0.3 is 0 Å². The summed E-state index contributed by atoms with van der Waals surface area (Å²) in [6.07, 6.45) is 8.18. The molecule has 0 atom stereocenters. The van der Waals surface area contributed by atoms with Crippen molar-refractivity contribution in [2.24, 2.45) is 0 Å². The SMILES string of the molecule is Brc1cc(N2CCN(C3CCCC3)CC2)nc(C2CC2)n1. The lowest BCUT2D eigenvalue weighted by atomic mass is 10.2. The molecule has 0 spiro atoms. The maximum atomic E-state index is 4.81. The highest BCUT2D eigenvalue weighted by molar-refractivity contribution is 9.10. The molecule has 0 unspecified atom stereocenters. The molecule has 5 heteroatoms. The minimum Gasteiger partial charge on any atom is -0.354 e. The van der Waals surface area contributed by atoms with Gasteiger partial charge in [-0.2, -0.15) is 0 Å². The van der Waals surface area contributed by atoms with Crippen molar-refractivity contribution < 1.29 is 0 Å². The first-order valence-corrected chi connectivity index (χ1v) is 9.12. The van der Waals surface area contributed by atoms with Crippen LogP contribution in [0.1, 0.15) is 50.3 Å². The Kier molecular flexibility index (Phi) is 3.88. The monoisotopic (exact) mass is 350 g/mol. The van der Waals surface area contributed by atoms with Gasteiger partial charge in [0.2, 0.25) is 0 Å². The number of aromatic nitrogens is 2. The zero-order chi connectivity index (χ0) is 14.2. The van der Waals surface area contributed by atoms with Crippen LogP contribution in [0.4, 0.5) is 5.82 Å². The van der Waals surface area contributed by atoms with Gasteiger partial charge in [-0.3, -0.25) is 4.90 Å². The number of anilines is 1. The van der Waals surface area contributed by atoms with Crippen LogP contribution in [0.2, 0.25) is 0 Å². The van der Waals surface area contributed by atoms with E-state index in [2.05, 4.69) is 36.8 Å². The zero-order valence-corrected chi connectivity index (χ0v) is 14.1. The molecule has 2 aliphatic carbocycles. The lowest BCUT2D eigenvalue weighted by Crippen LogP contribution is -2.50. The molecule has 0 aromatic carbocycles. The maximum absolute atomic E-state index is 4.81. The molecule has 0 N–H and O–H groups in total. The van der Waals surface area contributed by atoms with Crippen LogP contribution in [-0.4, -0.2) is 47.1 Å². The van der Waals surface area contributed by atoms with E-state index in [4.69, 9.17) is 4.98 Å². The second-order valence-electron chi connectivity index (χ2n) is 6.64. The van der Waals surface area contributed by atoms with Gasteiger partial charge in [0.1, 0.15) is 16.2 Å². The molecule has 1 aromatic rings. The van der Waals surface area contributed by atoms with Crippen molar-refractivity contribution in [3.05, 3.63) is 16.5 Å². The molecule has 2 saturated carbocycles. The van der Waals surface area contributed by atoms with E-state index in [0.717, 1.165) is 35.4 Å². The molecular weight excluding hydrogens is 328 g/mol. The van der Waals surface area contributed by atoms with E-state index >= 15 is 0 Å². The maximum Gasteiger partial charge on any atom is 0.135 e. The molecule has 0 radical (unpaired) electrons. The lowest BCUT2D eigenvalue weighted by molar-refractivity contribution is 0.187. The van der Waals surface area contributed by atoms with Crippen LogP contribution < -0.4 is 4.90 Å². The van der Waals surface area contributed by atoms with Crippen molar-refractivity contribution in [2.45, 2.75) is 50.5 Å². The fourth-order valence-corrected chi connectivity index (χ4v) is 4.08. The van der Waals surface area contributed by atoms with E-state index in [1.165, 1.54) is 51.6 Å². The van der Waals surface area contributed by atoms with Crippen LogP contribution in [0.15, 0.2) is 10.7 Å². The third kappa shape index (κ3) is 3.09. The predicted octanol–water partition coefficient (Wildman–Crippen LogP) is 3.18. The summed E-state index contributed by atoms with van der Waals surface area (Å²) in [6.45, 7) is 4.57. The van der Waals surface area contributed by atoms with Crippen molar-refractivity contribution in [3.63, 3.8) is 0 Å². The first-order chi connectivity index (χ1) is 10.3. The zero-order valence-electron chi connectivity index (χ0n) is 12.5. The Morgan fingerprint density at radius 2 is 1.67 bits per heavy atom. The normalized spacial score (nSPS) is 24.7. The molecule has 0 amide bonds. The highest BCUT2D eigenvalue weighted by Gasteiger charge is 2.29. The molecule has 1 saturated heterocycles. The predicted molar refractivity (Wildman–Crippen MR) is 87.7 cm³/mol. The molecule has 1 aliphatic heterocycles. The Labute approximate surface area is 135 Å². The Morgan fingerprint density at radius 1 is 0.952 bits per heavy atom. The Hall–Kier alpha value is -0.680. The van der Waals surface area contributed by atoms with Gasteiger partial charge in [-0.05, 0) is 41.6 Å². The molecule has 3 aliphatic rings. The second-order valence-corrected chi connectivity index (χ2v) is 7.46.